The molecule has 3 rings (SSSR count). The average molecular weight is 460 g/mol. The number of rotatable bonds is 9. The van der Waals surface area contributed by atoms with E-state index in [1.165, 1.54) is 24.3 Å². The molecule has 0 aliphatic rings. The van der Waals surface area contributed by atoms with Gasteiger partial charge in [0.05, 0.1) is 11.1 Å². The third-order valence-electron chi connectivity index (χ3n) is 4.36. The standard InChI is InChI=1S/C23H19F3N2O5/c24-23(25,26)16-5-3-6-18(10-16)31-13-17(29)12-28-22(30)21-9-8-19(33-21)14-32-20-7-2-1-4-15(20)11-27/h1-10,17,29H,12-14H2,(H,28,30). The number of alkyl halides is 3. The minimum atomic E-state index is -4.50. The second-order valence-corrected chi connectivity index (χ2v) is 6.86. The molecule has 1 unspecified atom stereocenters. The van der Waals surface area contributed by atoms with E-state index >= 15 is 0 Å². The lowest BCUT2D eigenvalue weighted by Gasteiger charge is -2.14. The Morgan fingerprint density at radius 3 is 2.67 bits per heavy atom. The molecular formula is C23H19F3N2O5. The molecule has 0 fully saturated rings. The van der Waals surface area contributed by atoms with Crippen molar-refractivity contribution in [3.63, 3.8) is 0 Å². The molecule has 2 aromatic carbocycles. The fourth-order valence-corrected chi connectivity index (χ4v) is 2.72. The Morgan fingerprint density at radius 1 is 1.12 bits per heavy atom. The van der Waals surface area contributed by atoms with Crippen LogP contribution in [-0.4, -0.2) is 30.3 Å². The fourth-order valence-electron chi connectivity index (χ4n) is 2.72. The molecule has 2 N–H and O–H groups in total. The maximum Gasteiger partial charge on any atom is 0.416 e. The Labute approximate surface area is 187 Å². The number of benzene rings is 2. The number of aliphatic hydroxyl groups excluding tert-OH is 1. The first-order valence-corrected chi connectivity index (χ1v) is 9.73. The van der Waals surface area contributed by atoms with Crippen LogP contribution in [0.3, 0.4) is 0 Å². The van der Waals surface area contributed by atoms with E-state index in [1.807, 2.05) is 6.07 Å². The molecule has 1 heterocycles. The lowest BCUT2D eigenvalue weighted by molar-refractivity contribution is -0.137. The summed E-state index contributed by atoms with van der Waals surface area (Å²) in [7, 11) is 0. The van der Waals surface area contributed by atoms with Crippen molar-refractivity contribution in [2.75, 3.05) is 13.2 Å². The second-order valence-electron chi connectivity index (χ2n) is 6.86. The number of nitrogens with one attached hydrogen (secondary N) is 1. The van der Waals surface area contributed by atoms with E-state index in [1.54, 1.807) is 24.3 Å². The largest absolute Gasteiger partial charge is 0.491 e. The van der Waals surface area contributed by atoms with Crippen LogP contribution in [0.15, 0.2) is 65.1 Å². The van der Waals surface area contributed by atoms with Gasteiger partial charge in [0.1, 0.15) is 42.6 Å². The van der Waals surface area contributed by atoms with Gasteiger partial charge < -0.3 is 24.3 Å². The molecule has 172 valence electrons. The summed E-state index contributed by atoms with van der Waals surface area (Å²) in [6.45, 7) is -0.531. The predicted molar refractivity (Wildman–Crippen MR) is 109 cm³/mol. The Bertz CT molecular complexity index is 1140. The van der Waals surface area contributed by atoms with Crippen molar-refractivity contribution in [1.82, 2.24) is 5.32 Å². The van der Waals surface area contributed by atoms with Crippen LogP contribution in [0.1, 0.15) is 27.4 Å². The quantitative estimate of drug-likeness (QED) is 0.502. The van der Waals surface area contributed by atoms with Crippen molar-refractivity contribution >= 4 is 5.91 Å². The third kappa shape index (κ3) is 6.75. The van der Waals surface area contributed by atoms with Gasteiger partial charge in [0.2, 0.25) is 0 Å². The highest BCUT2D eigenvalue weighted by atomic mass is 19.4. The van der Waals surface area contributed by atoms with Gasteiger partial charge in [0, 0.05) is 6.54 Å². The minimum Gasteiger partial charge on any atom is -0.491 e. The number of nitrogens with zero attached hydrogens (tertiary/aromatic N) is 1. The van der Waals surface area contributed by atoms with E-state index < -0.39 is 23.8 Å². The van der Waals surface area contributed by atoms with E-state index in [0.29, 0.717) is 17.1 Å². The highest BCUT2D eigenvalue weighted by molar-refractivity contribution is 5.91. The van der Waals surface area contributed by atoms with Crippen molar-refractivity contribution in [2.24, 2.45) is 0 Å². The summed E-state index contributed by atoms with van der Waals surface area (Å²) in [6, 6.07) is 15.9. The van der Waals surface area contributed by atoms with Gasteiger partial charge in [-0.05, 0) is 42.5 Å². The van der Waals surface area contributed by atoms with E-state index in [9.17, 15) is 23.1 Å². The summed E-state index contributed by atoms with van der Waals surface area (Å²) in [4.78, 5) is 12.2. The first-order valence-electron chi connectivity index (χ1n) is 9.73. The monoisotopic (exact) mass is 460 g/mol. The summed E-state index contributed by atoms with van der Waals surface area (Å²) in [5.41, 5.74) is -0.500. The Hall–Kier alpha value is -3.97. The number of aliphatic hydroxyl groups is 1. The number of carbonyl (C=O) groups is 1. The van der Waals surface area contributed by atoms with Gasteiger partial charge in [-0.2, -0.15) is 18.4 Å². The molecule has 33 heavy (non-hydrogen) atoms. The number of hydrogen-bond acceptors (Lipinski definition) is 6. The van der Waals surface area contributed by atoms with Crippen LogP contribution in [0.25, 0.3) is 0 Å². The lowest BCUT2D eigenvalue weighted by atomic mass is 10.2. The number of nitriles is 1. The minimum absolute atomic E-state index is 0.000568. The number of amides is 1. The molecule has 1 aromatic heterocycles. The number of para-hydroxylation sites is 1. The Morgan fingerprint density at radius 2 is 1.91 bits per heavy atom. The lowest BCUT2D eigenvalue weighted by Crippen LogP contribution is -2.35. The van der Waals surface area contributed by atoms with Gasteiger partial charge >= 0.3 is 6.18 Å². The zero-order valence-corrected chi connectivity index (χ0v) is 17.1. The molecule has 1 atom stereocenters. The highest BCUT2D eigenvalue weighted by Gasteiger charge is 2.30. The van der Waals surface area contributed by atoms with Gasteiger partial charge in [-0.1, -0.05) is 18.2 Å². The van der Waals surface area contributed by atoms with Crippen molar-refractivity contribution < 1.29 is 37.0 Å². The Kier molecular flexibility index (Phi) is 7.58. The summed E-state index contributed by atoms with van der Waals surface area (Å²) in [6.07, 6.45) is -5.67. The van der Waals surface area contributed by atoms with Gasteiger partial charge in [-0.3, -0.25) is 4.79 Å². The topological polar surface area (TPSA) is 105 Å². The SMILES string of the molecule is N#Cc1ccccc1OCc1ccc(C(=O)NCC(O)COc2cccc(C(F)(F)F)c2)o1. The Balaban J connectivity index is 1.45. The molecule has 7 nitrogen and oxygen atoms in total. The maximum absolute atomic E-state index is 12.7. The summed E-state index contributed by atoms with van der Waals surface area (Å²) >= 11 is 0. The summed E-state index contributed by atoms with van der Waals surface area (Å²) < 4.78 is 54.3. The molecule has 0 aliphatic carbocycles. The van der Waals surface area contributed by atoms with Gasteiger partial charge in [-0.15, -0.1) is 0 Å². The number of ether oxygens (including phenoxy) is 2. The molecule has 0 saturated carbocycles. The maximum atomic E-state index is 12.7. The molecule has 3 aromatic rings. The molecular weight excluding hydrogens is 441 g/mol. The molecule has 0 aliphatic heterocycles. The van der Waals surface area contributed by atoms with E-state index in [-0.39, 0.29) is 31.3 Å². The summed E-state index contributed by atoms with van der Waals surface area (Å²) in [5, 5.41) is 21.5. The second kappa shape index (κ2) is 10.6. The number of halogens is 3. The van der Waals surface area contributed by atoms with Gasteiger partial charge in [0.15, 0.2) is 5.76 Å². The van der Waals surface area contributed by atoms with Gasteiger partial charge in [0.25, 0.3) is 5.91 Å². The van der Waals surface area contributed by atoms with Crippen LogP contribution in [0.5, 0.6) is 11.5 Å². The number of carbonyl (C=O) groups excluding carboxylic acids is 1. The van der Waals surface area contributed by atoms with E-state index in [2.05, 4.69) is 5.32 Å². The average Bonchev–Trinajstić information content (AvgIpc) is 3.29. The zero-order chi connectivity index (χ0) is 23.8. The molecule has 1 amide bonds. The van der Waals surface area contributed by atoms with Crippen molar-refractivity contribution in [2.45, 2.75) is 18.9 Å². The van der Waals surface area contributed by atoms with Crippen LogP contribution >= 0.6 is 0 Å². The van der Waals surface area contributed by atoms with Crippen LogP contribution in [0.4, 0.5) is 13.2 Å². The van der Waals surface area contributed by atoms with E-state index in [0.717, 1.165) is 12.1 Å². The van der Waals surface area contributed by atoms with Crippen LogP contribution in [-0.2, 0) is 12.8 Å². The summed E-state index contributed by atoms with van der Waals surface area (Å²) in [5.74, 6) is 0.0569. The smallest absolute Gasteiger partial charge is 0.416 e. The molecule has 0 spiro atoms. The molecule has 0 radical (unpaired) electrons. The first-order chi connectivity index (χ1) is 15.8. The predicted octanol–water partition coefficient (Wildman–Crippen LogP) is 3.92. The van der Waals surface area contributed by atoms with Crippen LogP contribution in [0, 0.1) is 11.3 Å². The van der Waals surface area contributed by atoms with Crippen LogP contribution < -0.4 is 14.8 Å². The normalized spacial score (nSPS) is 12.0. The number of furan rings is 1. The molecule has 0 saturated heterocycles. The zero-order valence-electron chi connectivity index (χ0n) is 17.1. The molecule has 0 bridgehead atoms. The van der Waals surface area contributed by atoms with Gasteiger partial charge in [-0.25, -0.2) is 0 Å². The first kappa shape index (κ1) is 23.7. The number of hydrogen-bond donors (Lipinski definition) is 2. The highest BCUT2D eigenvalue weighted by Crippen LogP contribution is 2.31. The fraction of sp³-hybridized carbons (Fsp3) is 0.217. The van der Waals surface area contributed by atoms with Crippen molar-refractivity contribution in [3.05, 3.63) is 83.3 Å². The van der Waals surface area contributed by atoms with Crippen molar-refractivity contribution in [3.8, 4) is 17.6 Å². The van der Waals surface area contributed by atoms with Crippen molar-refractivity contribution in [1.29, 1.82) is 5.26 Å². The van der Waals surface area contributed by atoms with Crippen LogP contribution in [0.2, 0.25) is 0 Å². The van der Waals surface area contributed by atoms with E-state index in [4.69, 9.17) is 19.2 Å². The third-order valence-corrected chi connectivity index (χ3v) is 4.36. The molecule has 10 heteroatoms.